The third kappa shape index (κ3) is 4.55. The van der Waals surface area contributed by atoms with Crippen LogP contribution in [0.5, 0.6) is 11.5 Å². The van der Waals surface area contributed by atoms with Crippen LogP contribution in [0.25, 0.3) is 28.1 Å². The summed E-state index contributed by atoms with van der Waals surface area (Å²) < 4.78 is 12.9. The van der Waals surface area contributed by atoms with E-state index in [4.69, 9.17) is 19.5 Å². The maximum absolute atomic E-state index is 5.33. The standard InChI is InChI=1S/C32H26N4O2/c1-37-25-16-12-22(13-17-25)33-28-20-30-32(21-29(28)34-23-14-18-26(38-2)19-15-23)36(24-8-4-3-5-9-24)31-11-7-6-10-27(31)35-30/h3-21,33H,1-2H3. The average Bonchev–Trinajstić information content (AvgIpc) is 2.97. The minimum Gasteiger partial charge on any atom is -0.497 e. The molecule has 0 bridgehead atoms. The fraction of sp³-hybridized carbons (Fsp3) is 0.0625. The molecule has 4 aromatic carbocycles. The highest BCUT2D eigenvalue weighted by atomic mass is 16.5. The normalized spacial score (nSPS) is 11.6. The SMILES string of the molecule is COc1ccc(N=c2cc3n(-c4ccccc4)c4ccccc4nc-3cc2Nc2ccc(OC)cc2)cc1. The fourth-order valence-corrected chi connectivity index (χ4v) is 4.52. The number of benzene rings is 5. The quantitative estimate of drug-likeness (QED) is 0.248. The maximum Gasteiger partial charge on any atom is 0.119 e. The zero-order valence-corrected chi connectivity index (χ0v) is 21.1. The van der Waals surface area contributed by atoms with Crippen LogP contribution in [0, 0.1) is 0 Å². The first kappa shape index (κ1) is 23.3. The van der Waals surface area contributed by atoms with Crippen molar-refractivity contribution >= 4 is 28.1 Å². The van der Waals surface area contributed by atoms with E-state index < -0.39 is 0 Å². The summed E-state index contributed by atoms with van der Waals surface area (Å²) in [5.41, 5.74) is 7.41. The van der Waals surface area contributed by atoms with E-state index in [-0.39, 0.29) is 0 Å². The third-order valence-corrected chi connectivity index (χ3v) is 6.40. The lowest BCUT2D eigenvalue weighted by Gasteiger charge is -2.20. The summed E-state index contributed by atoms with van der Waals surface area (Å²) in [6.45, 7) is 0. The number of anilines is 2. The largest absolute Gasteiger partial charge is 0.497 e. The minimum atomic E-state index is 0.789. The molecule has 38 heavy (non-hydrogen) atoms. The summed E-state index contributed by atoms with van der Waals surface area (Å²) in [6, 6.07) is 38.2. The van der Waals surface area contributed by atoms with Crippen molar-refractivity contribution in [1.29, 1.82) is 0 Å². The average molecular weight is 499 g/mol. The zero-order chi connectivity index (χ0) is 25.9. The van der Waals surface area contributed by atoms with Gasteiger partial charge in [0.05, 0.1) is 53.4 Å². The first-order chi connectivity index (χ1) is 18.7. The van der Waals surface area contributed by atoms with Gasteiger partial charge >= 0.3 is 0 Å². The van der Waals surface area contributed by atoms with Crippen molar-refractivity contribution in [2.75, 3.05) is 19.5 Å². The van der Waals surface area contributed by atoms with Crippen LogP contribution in [-0.4, -0.2) is 23.8 Å². The molecule has 0 amide bonds. The number of aromatic nitrogens is 2. The molecule has 6 nitrogen and oxygen atoms in total. The van der Waals surface area contributed by atoms with Crippen LogP contribution in [0.2, 0.25) is 0 Å². The Balaban J connectivity index is 1.61. The number of nitrogens with one attached hydrogen (secondary N) is 1. The molecule has 6 heteroatoms. The predicted molar refractivity (Wildman–Crippen MR) is 152 cm³/mol. The van der Waals surface area contributed by atoms with Gasteiger partial charge in [-0.25, -0.2) is 9.98 Å². The molecule has 2 aliphatic rings. The lowest BCUT2D eigenvalue weighted by molar-refractivity contribution is 0.415. The zero-order valence-electron chi connectivity index (χ0n) is 21.1. The molecule has 0 fully saturated rings. The second-order valence-electron chi connectivity index (χ2n) is 8.79. The number of hydrogen-bond donors (Lipinski definition) is 1. The number of nitrogens with zero attached hydrogens (tertiary/aromatic N) is 3. The van der Waals surface area contributed by atoms with Gasteiger partial charge in [-0.05, 0) is 84.9 Å². The lowest BCUT2D eigenvalue weighted by atomic mass is 10.1. The fourth-order valence-electron chi connectivity index (χ4n) is 4.52. The number of hydrogen-bond acceptors (Lipinski definition) is 5. The Bertz CT molecular complexity index is 1740. The highest BCUT2D eigenvalue weighted by Crippen LogP contribution is 2.31. The molecule has 0 aromatic heterocycles. The molecule has 0 saturated carbocycles. The van der Waals surface area contributed by atoms with E-state index in [0.29, 0.717) is 0 Å². The first-order valence-electron chi connectivity index (χ1n) is 12.3. The predicted octanol–water partition coefficient (Wildman–Crippen LogP) is 7.12. The van der Waals surface area contributed by atoms with Gasteiger partial charge in [-0.15, -0.1) is 0 Å². The van der Waals surface area contributed by atoms with E-state index in [2.05, 4.69) is 40.2 Å². The van der Waals surface area contributed by atoms with Crippen LogP contribution in [0.3, 0.4) is 0 Å². The van der Waals surface area contributed by atoms with Gasteiger partial charge in [0.25, 0.3) is 0 Å². The van der Waals surface area contributed by atoms with Crippen LogP contribution in [0.4, 0.5) is 17.1 Å². The van der Waals surface area contributed by atoms with Crippen LogP contribution < -0.4 is 20.1 Å². The van der Waals surface area contributed by atoms with Gasteiger partial charge in [0.15, 0.2) is 0 Å². The van der Waals surface area contributed by atoms with Crippen LogP contribution in [0.15, 0.2) is 120 Å². The van der Waals surface area contributed by atoms with E-state index >= 15 is 0 Å². The Labute approximate surface area is 220 Å². The van der Waals surface area contributed by atoms with E-state index in [9.17, 15) is 0 Å². The number of ether oxygens (including phenoxy) is 2. The van der Waals surface area contributed by atoms with Crippen LogP contribution in [0.1, 0.15) is 0 Å². The van der Waals surface area contributed by atoms with E-state index in [0.717, 1.165) is 62.0 Å². The molecule has 0 atom stereocenters. The molecule has 0 unspecified atom stereocenters. The molecular formula is C32H26N4O2. The lowest BCUT2D eigenvalue weighted by Crippen LogP contribution is -2.14. The van der Waals surface area contributed by atoms with Crippen LogP contribution >= 0.6 is 0 Å². The van der Waals surface area contributed by atoms with Gasteiger partial charge in [0.1, 0.15) is 11.5 Å². The molecule has 4 aromatic rings. The van der Waals surface area contributed by atoms with Gasteiger partial charge in [-0.2, -0.15) is 0 Å². The Morgan fingerprint density at radius 2 is 1.37 bits per heavy atom. The second-order valence-corrected chi connectivity index (χ2v) is 8.79. The smallest absolute Gasteiger partial charge is 0.119 e. The summed E-state index contributed by atoms with van der Waals surface area (Å²) in [6.07, 6.45) is 0. The Morgan fingerprint density at radius 1 is 0.711 bits per heavy atom. The van der Waals surface area contributed by atoms with Crippen LogP contribution in [-0.2, 0) is 0 Å². The van der Waals surface area contributed by atoms with Gasteiger partial charge in [0, 0.05) is 11.4 Å². The van der Waals surface area contributed by atoms with Gasteiger partial charge in [0.2, 0.25) is 0 Å². The summed E-state index contributed by atoms with van der Waals surface area (Å²) in [5, 5.41) is 4.33. The van der Waals surface area contributed by atoms with E-state index in [1.165, 1.54) is 0 Å². The summed E-state index contributed by atoms with van der Waals surface area (Å²) >= 11 is 0. The minimum absolute atomic E-state index is 0.789. The molecular weight excluding hydrogens is 472 g/mol. The van der Waals surface area contributed by atoms with Crippen molar-refractivity contribution in [2.45, 2.75) is 0 Å². The van der Waals surface area contributed by atoms with Crippen molar-refractivity contribution < 1.29 is 9.47 Å². The Kier molecular flexibility index (Phi) is 6.20. The molecule has 0 saturated heterocycles. The summed E-state index contributed by atoms with van der Waals surface area (Å²) in [4.78, 5) is 10.1. The first-order valence-corrected chi connectivity index (χ1v) is 12.3. The summed E-state index contributed by atoms with van der Waals surface area (Å²) in [7, 11) is 3.32. The van der Waals surface area contributed by atoms with Crippen molar-refractivity contribution in [3.05, 3.63) is 121 Å². The van der Waals surface area contributed by atoms with Crippen molar-refractivity contribution in [2.24, 2.45) is 4.99 Å². The topological polar surface area (TPSA) is 60.7 Å². The molecule has 0 radical (unpaired) electrons. The maximum atomic E-state index is 5.33. The third-order valence-electron chi connectivity index (χ3n) is 6.40. The van der Waals surface area contributed by atoms with Crippen molar-refractivity contribution in [3.63, 3.8) is 0 Å². The van der Waals surface area contributed by atoms with Gasteiger partial charge in [-0.3, -0.25) is 0 Å². The second kappa shape index (κ2) is 10.1. The number of para-hydroxylation sites is 3. The van der Waals surface area contributed by atoms with E-state index in [1.807, 2.05) is 84.9 Å². The highest BCUT2D eigenvalue weighted by Gasteiger charge is 2.16. The molecule has 1 aliphatic carbocycles. The van der Waals surface area contributed by atoms with Crippen molar-refractivity contribution in [1.82, 2.24) is 9.55 Å². The Morgan fingerprint density at radius 3 is 2.08 bits per heavy atom. The number of methoxy groups -OCH3 is 2. The molecule has 1 N–H and O–H groups in total. The molecule has 1 aliphatic heterocycles. The number of rotatable bonds is 6. The molecule has 186 valence electrons. The van der Waals surface area contributed by atoms with E-state index in [1.54, 1.807) is 14.2 Å². The molecule has 0 spiro atoms. The molecule has 1 heterocycles. The number of fused-ring (bicyclic) bond motifs is 2. The Hall–Kier alpha value is -5.10. The summed E-state index contributed by atoms with van der Waals surface area (Å²) in [5.74, 6) is 1.59. The van der Waals surface area contributed by atoms with Gasteiger partial charge in [-0.1, -0.05) is 30.3 Å². The molecule has 6 rings (SSSR count). The highest BCUT2D eigenvalue weighted by molar-refractivity contribution is 5.84. The monoisotopic (exact) mass is 498 g/mol. The van der Waals surface area contributed by atoms with Crippen molar-refractivity contribution in [3.8, 4) is 28.6 Å². The van der Waals surface area contributed by atoms with Gasteiger partial charge < -0.3 is 19.4 Å².